The van der Waals surface area contributed by atoms with Gasteiger partial charge in [0.1, 0.15) is 6.33 Å². The number of aromatic amines is 1. The Labute approximate surface area is 74.5 Å². The van der Waals surface area contributed by atoms with E-state index in [9.17, 15) is 4.79 Å². The van der Waals surface area contributed by atoms with Crippen LogP contribution in [0.15, 0.2) is 48.0 Å². The van der Waals surface area contributed by atoms with Crippen LogP contribution < -0.4 is 5.69 Å². The van der Waals surface area contributed by atoms with E-state index in [0.717, 1.165) is 0 Å². The van der Waals surface area contributed by atoms with Crippen molar-refractivity contribution in [3.05, 3.63) is 53.7 Å². The van der Waals surface area contributed by atoms with Gasteiger partial charge in [-0.25, -0.2) is 19.7 Å². The zero-order valence-corrected chi connectivity index (χ0v) is 6.79. The average Bonchev–Trinajstić information content (AvgIpc) is 2.22. The Morgan fingerprint density at radius 3 is 2.08 bits per heavy atom. The molecule has 0 aliphatic heterocycles. The van der Waals surface area contributed by atoms with Crippen molar-refractivity contribution in [2.75, 3.05) is 0 Å². The third-order valence-corrected chi connectivity index (χ3v) is 1.06. The quantitative estimate of drug-likeness (QED) is 0.624. The van der Waals surface area contributed by atoms with Gasteiger partial charge in [0.05, 0.1) is 0 Å². The standard InChI is InChI=1S/C4H4N2O.C4H4N2/c7-4-5-2-1-3-6-4;1-2-5-4-6-3-1/h1-3H,(H,5,6,7);1-4H. The Balaban J connectivity index is 0.000000132. The first-order valence-electron chi connectivity index (χ1n) is 3.59. The Hall–Kier alpha value is -2.04. The second kappa shape index (κ2) is 5.59. The summed E-state index contributed by atoms with van der Waals surface area (Å²) in [6, 6.07) is 3.43. The van der Waals surface area contributed by atoms with Crippen LogP contribution in [-0.4, -0.2) is 19.9 Å². The van der Waals surface area contributed by atoms with Crippen LogP contribution >= 0.6 is 0 Å². The van der Waals surface area contributed by atoms with E-state index in [0.29, 0.717) is 0 Å². The summed E-state index contributed by atoms with van der Waals surface area (Å²) in [6.45, 7) is 0. The van der Waals surface area contributed by atoms with Crippen LogP contribution in [0.2, 0.25) is 0 Å². The monoisotopic (exact) mass is 176 g/mol. The molecule has 0 unspecified atom stereocenters. The van der Waals surface area contributed by atoms with Crippen LogP contribution in [0.1, 0.15) is 0 Å². The van der Waals surface area contributed by atoms with Gasteiger partial charge in [-0.1, -0.05) is 0 Å². The number of hydrogen-bond acceptors (Lipinski definition) is 4. The largest absolute Gasteiger partial charge is 0.344 e. The van der Waals surface area contributed by atoms with Crippen molar-refractivity contribution in [2.45, 2.75) is 0 Å². The van der Waals surface area contributed by atoms with Gasteiger partial charge in [0, 0.05) is 24.8 Å². The molecular weight excluding hydrogens is 168 g/mol. The smallest absolute Gasteiger partial charge is 0.313 e. The molecular formula is C8H8N4O. The summed E-state index contributed by atoms with van der Waals surface area (Å²) >= 11 is 0. The molecule has 0 aromatic carbocycles. The molecule has 0 saturated heterocycles. The lowest BCUT2D eigenvalue weighted by atomic mass is 10.7. The molecule has 13 heavy (non-hydrogen) atoms. The van der Waals surface area contributed by atoms with E-state index in [2.05, 4.69) is 19.9 Å². The minimum Gasteiger partial charge on any atom is -0.313 e. The predicted octanol–water partition coefficient (Wildman–Crippen LogP) is 0.247. The number of H-pyrrole nitrogens is 1. The lowest BCUT2D eigenvalue weighted by Gasteiger charge is -1.72. The predicted molar refractivity (Wildman–Crippen MR) is 46.9 cm³/mol. The molecule has 0 fully saturated rings. The van der Waals surface area contributed by atoms with Gasteiger partial charge in [-0.15, -0.1) is 0 Å². The van der Waals surface area contributed by atoms with Crippen molar-refractivity contribution in [3.8, 4) is 0 Å². The van der Waals surface area contributed by atoms with Crippen LogP contribution in [-0.2, 0) is 0 Å². The van der Waals surface area contributed by atoms with Gasteiger partial charge < -0.3 is 4.98 Å². The van der Waals surface area contributed by atoms with Crippen LogP contribution in [0.5, 0.6) is 0 Å². The second-order valence-corrected chi connectivity index (χ2v) is 1.99. The van der Waals surface area contributed by atoms with Crippen molar-refractivity contribution in [2.24, 2.45) is 0 Å². The number of rotatable bonds is 0. The first-order valence-corrected chi connectivity index (χ1v) is 3.59. The fourth-order valence-corrected chi connectivity index (χ4v) is 0.564. The lowest BCUT2D eigenvalue weighted by Crippen LogP contribution is -2.05. The fraction of sp³-hybridized carbons (Fsp3) is 0. The van der Waals surface area contributed by atoms with Crippen molar-refractivity contribution in [1.29, 1.82) is 0 Å². The molecule has 0 aliphatic carbocycles. The zero-order valence-electron chi connectivity index (χ0n) is 6.79. The molecule has 0 spiro atoms. The van der Waals surface area contributed by atoms with Crippen LogP contribution in [0, 0.1) is 0 Å². The lowest BCUT2D eigenvalue weighted by molar-refractivity contribution is 1.08. The maximum atomic E-state index is 10.1. The average molecular weight is 176 g/mol. The van der Waals surface area contributed by atoms with E-state index >= 15 is 0 Å². The third-order valence-electron chi connectivity index (χ3n) is 1.06. The van der Waals surface area contributed by atoms with Gasteiger partial charge in [0.2, 0.25) is 0 Å². The first kappa shape index (κ1) is 9.05. The molecule has 0 radical (unpaired) electrons. The summed E-state index contributed by atoms with van der Waals surface area (Å²) in [5.41, 5.74) is -0.303. The molecule has 0 atom stereocenters. The Bertz CT molecular complexity index is 329. The summed E-state index contributed by atoms with van der Waals surface area (Å²) in [6.07, 6.45) is 7.86. The summed E-state index contributed by atoms with van der Waals surface area (Å²) in [7, 11) is 0. The number of nitrogens with one attached hydrogen (secondary N) is 1. The van der Waals surface area contributed by atoms with Gasteiger partial charge >= 0.3 is 5.69 Å². The highest BCUT2D eigenvalue weighted by Crippen LogP contribution is 1.66. The molecule has 2 rings (SSSR count). The SMILES string of the molecule is O=c1nccc[nH]1.c1cncnc1. The van der Waals surface area contributed by atoms with Crippen molar-refractivity contribution >= 4 is 0 Å². The van der Waals surface area contributed by atoms with E-state index in [4.69, 9.17) is 0 Å². The number of nitrogens with zero attached hydrogens (tertiary/aromatic N) is 3. The minimum atomic E-state index is -0.303. The van der Waals surface area contributed by atoms with Crippen molar-refractivity contribution in [3.63, 3.8) is 0 Å². The Morgan fingerprint density at radius 1 is 1.08 bits per heavy atom. The topological polar surface area (TPSA) is 71.5 Å². The Morgan fingerprint density at radius 2 is 1.85 bits per heavy atom. The molecule has 2 aromatic rings. The van der Waals surface area contributed by atoms with E-state index < -0.39 is 0 Å². The summed E-state index contributed by atoms with van der Waals surface area (Å²) in [5.74, 6) is 0. The van der Waals surface area contributed by atoms with Crippen LogP contribution in [0.25, 0.3) is 0 Å². The third kappa shape index (κ3) is 4.41. The van der Waals surface area contributed by atoms with E-state index in [-0.39, 0.29) is 5.69 Å². The fourth-order valence-electron chi connectivity index (χ4n) is 0.564. The van der Waals surface area contributed by atoms with Gasteiger partial charge in [0.15, 0.2) is 0 Å². The molecule has 1 N–H and O–H groups in total. The normalized spacial score (nSPS) is 8.31. The molecule has 0 saturated carbocycles. The van der Waals surface area contributed by atoms with Gasteiger partial charge in [-0.05, 0) is 12.1 Å². The highest BCUT2D eigenvalue weighted by molar-refractivity contribution is 4.75. The summed E-state index contributed by atoms with van der Waals surface area (Å²) in [4.78, 5) is 23.2. The minimum absolute atomic E-state index is 0.303. The maximum Gasteiger partial charge on any atom is 0.344 e. The molecule has 0 bridgehead atoms. The van der Waals surface area contributed by atoms with Crippen molar-refractivity contribution < 1.29 is 0 Å². The maximum absolute atomic E-state index is 10.1. The first-order chi connectivity index (χ1) is 6.39. The van der Waals surface area contributed by atoms with E-state index in [1.54, 1.807) is 24.5 Å². The number of hydrogen-bond donors (Lipinski definition) is 1. The zero-order chi connectivity index (χ0) is 9.36. The molecule has 0 aliphatic rings. The van der Waals surface area contributed by atoms with Gasteiger partial charge in [-0.3, -0.25) is 0 Å². The molecule has 66 valence electrons. The Kier molecular flexibility index (Phi) is 3.89. The van der Waals surface area contributed by atoms with Gasteiger partial charge in [-0.2, -0.15) is 0 Å². The highest BCUT2D eigenvalue weighted by Gasteiger charge is 1.70. The van der Waals surface area contributed by atoms with Crippen molar-refractivity contribution in [1.82, 2.24) is 19.9 Å². The van der Waals surface area contributed by atoms with Crippen LogP contribution in [0.4, 0.5) is 0 Å². The molecule has 0 amide bonds. The second-order valence-electron chi connectivity index (χ2n) is 1.99. The number of aromatic nitrogens is 4. The summed E-state index contributed by atoms with van der Waals surface area (Å²) < 4.78 is 0. The molecule has 2 aromatic heterocycles. The highest BCUT2D eigenvalue weighted by atomic mass is 16.1. The molecule has 5 nitrogen and oxygen atoms in total. The molecule has 2 heterocycles. The van der Waals surface area contributed by atoms with E-state index in [1.807, 2.05) is 0 Å². The molecule has 5 heteroatoms. The summed E-state index contributed by atoms with van der Waals surface area (Å²) in [5, 5.41) is 0. The van der Waals surface area contributed by atoms with Gasteiger partial charge in [0.25, 0.3) is 0 Å². The van der Waals surface area contributed by atoms with E-state index in [1.165, 1.54) is 18.7 Å². The van der Waals surface area contributed by atoms with Crippen LogP contribution in [0.3, 0.4) is 0 Å².